The number of aryl methyl sites for hydroxylation is 1. The lowest BCUT2D eigenvalue weighted by Crippen LogP contribution is -2.38. The van der Waals surface area contributed by atoms with Crippen LogP contribution in [0.25, 0.3) is 0 Å². The van der Waals surface area contributed by atoms with Crippen LogP contribution in [0, 0.1) is 6.92 Å². The molecular formula is C27H31N3O5. The summed E-state index contributed by atoms with van der Waals surface area (Å²) < 4.78 is 18.3. The molecule has 184 valence electrons. The van der Waals surface area contributed by atoms with Crippen LogP contribution < -0.4 is 5.32 Å². The van der Waals surface area contributed by atoms with Crippen molar-refractivity contribution in [2.75, 3.05) is 5.32 Å². The summed E-state index contributed by atoms with van der Waals surface area (Å²) in [5.41, 5.74) is 2.88. The van der Waals surface area contributed by atoms with Gasteiger partial charge in [-0.3, -0.25) is 0 Å². The molecule has 8 nitrogen and oxygen atoms in total. The third kappa shape index (κ3) is 5.15. The zero-order valence-electron chi connectivity index (χ0n) is 19.8. The number of benzene rings is 1. The van der Waals surface area contributed by atoms with Gasteiger partial charge in [-0.25, -0.2) is 14.8 Å². The van der Waals surface area contributed by atoms with E-state index in [0.29, 0.717) is 6.42 Å². The Kier molecular flexibility index (Phi) is 6.95. The van der Waals surface area contributed by atoms with Crippen LogP contribution >= 0.6 is 0 Å². The minimum Gasteiger partial charge on any atom is -0.479 e. The monoisotopic (exact) mass is 477 g/mol. The average Bonchev–Trinajstić information content (AvgIpc) is 3.37. The van der Waals surface area contributed by atoms with E-state index in [1.165, 1.54) is 0 Å². The lowest BCUT2D eigenvalue weighted by Gasteiger charge is -2.33. The molecule has 1 spiro atoms. The summed E-state index contributed by atoms with van der Waals surface area (Å²) in [6.45, 7) is 1.97. The van der Waals surface area contributed by atoms with Crippen LogP contribution in [0.5, 0.6) is 0 Å². The first-order valence-electron chi connectivity index (χ1n) is 12.2. The quantitative estimate of drug-likeness (QED) is 0.563. The van der Waals surface area contributed by atoms with E-state index in [9.17, 15) is 9.90 Å². The van der Waals surface area contributed by atoms with Crippen LogP contribution in [0.3, 0.4) is 0 Å². The highest BCUT2D eigenvalue weighted by atomic mass is 16.8. The molecule has 3 fully saturated rings. The van der Waals surface area contributed by atoms with Crippen molar-refractivity contribution in [1.82, 2.24) is 9.97 Å². The first-order valence-corrected chi connectivity index (χ1v) is 12.2. The summed E-state index contributed by atoms with van der Waals surface area (Å²) in [4.78, 5) is 20.5. The molecule has 8 heteroatoms. The standard InChI is InChI=1S/C27H31N3O5/c1-18-20(25(29-17-28-18)30-19-11-5-2-6-12-19)13-7-3-8-14-21-22-23(24(33-21)26(31)32)35-27(34-22)15-9-4-10-16-27/h2-3,5-8,11-12,14,17,21-24H,4,9-10,13,15-16H2,1H3,(H,31,32)(H,28,29,30). The van der Waals surface area contributed by atoms with Crippen molar-refractivity contribution < 1.29 is 24.1 Å². The Balaban J connectivity index is 1.24. The minimum absolute atomic E-state index is 0.412. The van der Waals surface area contributed by atoms with Crippen molar-refractivity contribution in [3.8, 4) is 0 Å². The number of anilines is 2. The van der Waals surface area contributed by atoms with Crippen molar-refractivity contribution in [1.29, 1.82) is 0 Å². The molecule has 0 radical (unpaired) electrons. The summed E-state index contributed by atoms with van der Waals surface area (Å²) in [6.07, 6.45) is 12.2. The highest BCUT2D eigenvalue weighted by molar-refractivity contribution is 5.74. The van der Waals surface area contributed by atoms with Crippen LogP contribution in [-0.2, 0) is 25.4 Å². The van der Waals surface area contributed by atoms with E-state index in [-0.39, 0.29) is 0 Å². The van der Waals surface area contributed by atoms with E-state index >= 15 is 0 Å². The van der Waals surface area contributed by atoms with Crippen LogP contribution in [0.2, 0.25) is 0 Å². The summed E-state index contributed by atoms with van der Waals surface area (Å²) in [5, 5.41) is 13.0. The van der Waals surface area contributed by atoms with Gasteiger partial charge in [0, 0.05) is 29.8 Å². The molecule has 2 aromatic rings. The summed E-state index contributed by atoms with van der Waals surface area (Å²) >= 11 is 0. The van der Waals surface area contributed by atoms with E-state index in [2.05, 4.69) is 15.3 Å². The van der Waals surface area contributed by atoms with E-state index < -0.39 is 36.2 Å². The van der Waals surface area contributed by atoms with Gasteiger partial charge in [-0.1, -0.05) is 48.9 Å². The fourth-order valence-electron chi connectivity index (χ4n) is 5.10. The molecular weight excluding hydrogens is 446 g/mol. The number of ether oxygens (including phenoxy) is 3. The zero-order valence-corrected chi connectivity index (χ0v) is 19.8. The number of carbonyl (C=O) groups is 1. The van der Waals surface area contributed by atoms with Gasteiger partial charge >= 0.3 is 5.97 Å². The topological polar surface area (TPSA) is 103 Å². The Labute approximate surface area is 205 Å². The first-order chi connectivity index (χ1) is 17.0. The second-order valence-corrected chi connectivity index (χ2v) is 9.29. The van der Waals surface area contributed by atoms with Gasteiger partial charge in [-0.2, -0.15) is 0 Å². The normalized spacial score (nSPS) is 27.6. The Morgan fingerprint density at radius 1 is 1.11 bits per heavy atom. The number of allylic oxidation sites excluding steroid dienone is 3. The van der Waals surface area contributed by atoms with Crippen molar-refractivity contribution >= 4 is 17.5 Å². The first kappa shape index (κ1) is 23.7. The predicted molar refractivity (Wildman–Crippen MR) is 130 cm³/mol. The van der Waals surface area contributed by atoms with Crippen LogP contribution in [0.4, 0.5) is 11.5 Å². The Hall–Kier alpha value is -3.07. The average molecular weight is 478 g/mol. The van der Waals surface area contributed by atoms with Crippen molar-refractivity contribution in [3.63, 3.8) is 0 Å². The molecule has 5 rings (SSSR count). The zero-order chi connectivity index (χ0) is 24.3. The second-order valence-electron chi connectivity index (χ2n) is 9.29. The van der Waals surface area contributed by atoms with Crippen LogP contribution in [0.1, 0.15) is 43.4 Å². The van der Waals surface area contributed by atoms with E-state index in [1.54, 1.807) is 6.33 Å². The molecule has 2 N–H and O–H groups in total. The van der Waals surface area contributed by atoms with Crippen LogP contribution in [0.15, 0.2) is 61.0 Å². The maximum atomic E-state index is 11.8. The van der Waals surface area contributed by atoms with Gasteiger partial charge in [0.05, 0.1) is 0 Å². The van der Waals surface area contributed by atoms with E-state index in [1.807, 2.05) is 61.6 Å². The van der Waals surface area contributed by atoms with E-state index in [0.717, 1.165) is 54.9 Å². The molecule has 4 unspecified atom stereocenters. The molecule has 2 saturated heterocycles. The molecule has 3 heterocycles. The van der Waals surface area contributed by atoms with Crippen LogP contribution in [-0.4, -0.2) is 51.2 Å². The highest BCUT2D eigenvalue weighted by Crippen LogP contribution is 2.46. The molecule has 0 bridgehead atoms. The van der Waals surface area contributed by atoms with Crippen molar-refractivity contribution in [2.45, 2.75) is 75.7 Å². The number of aliphatic carboxylic acids is 1. The van der Waals surface area contributed by atoms with Gasteiger partial charge in [0.1, 0.15) is 30.5 Å². The number of nitrogens with one attached hydrogen (secondary N) is 1. The van der Waals surface area contributed by atoms with E-state index in [4.69, 9.17) is 14.2 Å². The summed E-state index contributed by atoms with van der Waals surface area (Å²) in [5.74, 6) is -0.890. The lowest BCUT2D eigenvalue weighted by atomic mass is 9.94. The maximum Gasteiger partial charge on any atom is 0.335 e. The molecule has 35 heavy (non-hydrogen) atoms. The molecule has 1 aromatic heterocycles. The smallest absolute Gasteiger partial charge is 0.335 e. The number of carboxylic acids is 1. The largest absolute Gasteiger partial charge is 0.479 e. The number of aromatic nitrogens is 2. The van der Waals surface area contributed by atoms with Crippen molar-refractivity contribution in [3.05, 3.63) is 72.2 Å². The maximum absolute atomic E-state index is 11.8. The Morgan fingerprint density at radius 3 is 2.66 bits per heavy atom. The fraction of sp³-hybridized carbons (Fsp3) is 0.444. The number of hydrogen-bond acceptors (Lipinski definition) is 7. The lowest BCUT2D eigenvalue weighted by molar-refractivity contribution is -0.222. The number of nitrogens with zero attached hydrogens (tertiary/aromatic N) is 2. The molecule has 1 saturated carbocycles. The second kappa shape index (κ2) is 10.3. The Bertz CT molecular complexity index is 1100. The fourth-order valence-corrected chi connectivity index (χ4v) is 5.10. The number of para-hydroxylation sites is 1. The molecule has 4 atom stereocenters. The van der Waals surface area contributed by atoms with Gasteiger partial charge in [0.25, 0.3) is 0 Å². The van der Waals surface area contributed by atoms with Gasteiger partial charge in [-0.15, -0.1) is 0 Å². The summed E-state index contributed by atoms with van der Waals surface area (Å²) in [6, 6.07) is 9.90. The van der Waals surface area contributed by atoms with Gasteiger partial charge in [-0.05, 0) is 38.3 Å². The number of rotatable bonds is 7. The number of fused-ring (bicyclic) bond motifs is 1. The van der Waals surface area contributed by atoms with Gasteiger partial charge in [0.15, 0.2) is 11.9 Å². The summed E-state index contributed by atoms with van der Waals surface area (Å²) in [7, 11) is 0. The SMILES string of the molecule is Cc1ncnc(Nc2ccccc2)c1CC=CC=CC1OC(C(=O)O)C2OC3(CCCCC3)OC12. The molecule has 1 aromatic carbocycles. The molecule has 3 aliphatic rings. The minimum atomic E-state index is -1.02. The Morgan fingerprint density at radius 2 is 1.89 bits per heavy atom. The molecule has 1 aliphatic carbocycles. The number of carboxylic acid groups (broad SMARTS) is 1. The molecule has 2 aliphatic heterocycles. The third-order valence-electron chi connectivity index (χ3n) is 6.88. The number of hydrogen-bond donors (Lipinski definition) is 2. The van der Waals surface area contributed by atoms with Gasteiger partial charge < -0.3 is 24.6 Å². The highest BCUT2D eigenvalue weighted by Gasteiger charge is 2.59. The predicted octanol–water partition coefficient (Wildman–Crippen LogP) is 4.48. The van der Waals surface area contributed by atoms with Crippen molar-refractivity contribution in [2.24, 2.45) is 0 Å². The van der Waals surface area contributed by atoms with Gasteiger partial charge in [0.2, 0.25) is 0 Å². The molecule has 0 amide bonds. The third-order valence-corrected chi connectivity index (χ3v) is 6.88.